The Balaban J connectivity index is 2.01. The molecule has 0 saturated heterocycles. The fourth-order valence-electron chi connectivity index (χ4n) is 1.87. The standard InChI is InChI=1S/C15H17N5O4/c1-9-12(7-20(2)18-9)15(22)24-19-14(17)10-3-5-11(6-4-10)23-8-13(16)21/h3-7H,8H2,1-2H3,(H2,16,21)(H2,17,19). The van der Waals surface area contributed by atoms with Gasteiger partial charge in [-0.15, -0.1) is 0 Å². The third-order valence-corrected chi connectivity index (χ3v) is 2.99. The summed E-state index contributed by atoms with van der Waals surface area (Å²) in [6.07, 6.45) is 1.54. The summed E-state index contributed by atoms with van der Waals surface area (Å²) < 4.78 is 6.63. The highest BCUT2D eigenvalue weighted by molar-refractivity contribution is 5.98. The van der Waals surface area contributed by atoms with Crippen molar-refractivity contribution >= 4 is 17.7 Å². The lowest BCUT2D eigenvalue weighted by atomic mass is 10.2. The van der Waals surface area contributed by atoms with Crippen LogP contribution in [0.5, 0.6) is 5.75 Å². The topological polar surface area (TPSA) is 135 Å². The van der Waals surface area contributed by atoms with E-state index in [1.807, 2.05) is 0 Å². The van der Waals surface area contributed by atoms with Crippen molar-refractivity contribution in [2.75, 3.05) is 6.61 Å². The van der Waals surface area contributed by atoms with E-state index in [9.17, 15) is 9.59 Å². The van der Waals surface area contributed by atoms with Crippen molar-refractivity contribution in [3.8, 4) is 5.75 Å². The highest BCUT2D eigenvalue weighted by Gasteiger charge is 2.14. The molecule has 0 bridgehead atoms. The molecular weight excluding hydrogens is 314 g/mol. The van der Waals surface area contributed by atoms with Crippen molar-refractivity contribution in [3.63, 3.8) is 0 Å². The van der Waals surface area contributed by atoms with E-state index in [-0.39, 0.29) is 12.4 Å². The molecule has 0 aliphatic rings. The fraction of sp³-hybridized carbons (Fsp3) is 0.200. The molecule has 1 aromatic carbocycles. The van der Waals surface area contributed by atoms with Gasteiger partial charge in [-0.2, -0.15) is 5.10 Å². The number of rotatable bonds is 6. The second kappa shape index (κ2) is 7.27. The monoisotopic (exact) mass is 331 g/mol. The normalized spacial score (nSPS) is 11.2. The lowest BCUT2D eigenvalue weighted by Gasteiger charge is -2.05. The highest BCUT2D eigenvalue weighted by Crippen LogP contribution is 2.12. The molecule has 4 N–H and O–H groups in total. The van der Waals surface area contributed by atoms with Crippen LogP contribution in [0.4, 0.5) is 0 Å². The molecular formula is C15H17N5O4. The maximum atomic E-state index is 11.9. The Kier molecular flexibility index (Phi) is 5.15. The van der Waals surface area contributed by atoms with Gasteiger partial charge in [0.2, 0.25) is 0 Å². The van der Waals surface area contributed by atoms with Crippen LogP contribution in [-0.2, 0) is 16.7 Å². The molecule has 0 unspecified atom stereocenters. The summed E-state index contributed by atoms with van der Waals surface area (Å²) in [6, 6.07) is 6.40. The predicted octanol–water partition coefficient (Wildman–Crippen LogP) is 0.0699. The van der Waals surface area contributed by atoms with Crippen LogP contribution >= 0.6 is 0 Å². The van der Waals surface area contributed by atoms with E-state index < -0.39 is 11.9 Å². The van der Waals surface area contributed by atoms with E-state index in [0.29, 0.717) is 22.6 Å². The summed E-state index contributed by atoms with van der Waals surface area (Å²) in [4.78, 5) is 27.4. The van der Waals surface area contributed by atoms with Crippen LogP contribution in [0, 0.1) is 6.92 Å². The molecule has 1 heterocycles. The van der Waals surface area contributed by atoms with Gasteiger partial charge in [-0.25, -0.2) is 4.79 Å². The molecule has 0 aliphatic heterocycles. The summed E-state index contributed by atoms with van der Waals surface area (Å²) in [5.41, 5.74) is 12.1. The molecule has 0 atom stereocenters. The first kappa shape index (κ1) is 17.0. The average Bonchev–Trinajstić information content (AvgIpc) is 2.89. The molecule has 9 heteroatoms. The van der Waals surface area contributed by atoms with Gasteiger partial charge in [0.25, 0.3) is 5.91 Å². The minimum Gasteiger partial charge on any atom is -0.484 e. The number of primary amides is 1. The third-order valence-electron chi connectivity index (χ3n) is 2.99. The lowest BCUT2D eigenvalue weighted by molar-refractivity contribution is -0.119. The van der Waals surface area contributed by atoms with Gasteiger partial charge in [0.1, 0.15) is 11.3 Å². The van der Waals surface area contributed by atoms with Crippen LogP contribution in [0.1, 0.15) is 21.6 Å². The van der Waals surface area contributed by atoms with Gasteiger partial charge in [-0.1, -0.05) is 5.16 Å². The number of hydrogen-bond acceptors (Lipinski definition) is 6. The SMILES string of the molecule is Cc1nn(C)cc1C(=O)O/N=C(\N)c1ccc(OCC(N)=O)cc1. The molecule has 0 radical (unpaired) electrons. The molecule has 126 valence electrons. The molecule has 1 aromatic heterocycles. The zero-order valence-electron chi connectivity index (χ0n) is 13.2. The van der Waals surface area contributed by atoms with Crippen molar-refractivity contribution in [1.29, 1.82) is 0 Å². The molecule has 1 amide bonds. The summed E-state index contributed by atoms with van der Waals surface area (Å²) in [5.74, 6) is -0.748. The van der Waals surface area contributed by atoms with E-state index in [0.717, 1.165) is 0 Å². The van der Waals surface area contributed by atoms with Crippen LogP contribution in [0.3, 0.4) is 0 Å². The van der Waals surface area contributed by atoms with Crippen LogP contribution in [0.25, 0.3) is 0 Å². The fourth-order valence-corrected chi connectivity index (χ4v) is 1.87. The number of ether oxygens (including phenoxy) is 1. The Labute approximate surface area is 137 Å². The first-order valence-electron chi connectivity index (χ1n) is 6.93. The van der Waals surface area contributed by atoms with E-state index in [4.69, 9.17) is 21.0 Å². The predicted molar refractivity (Wildman–Crippen MR) is 85.2 cm³/mol. The Morgan fingerprint density at radius 3 is 2.46 bits per heavy atom. The lowest BCUT2D eigenvalue weighted by Crippen LogP contribution is -2.20. The number of hydrogen-bond donors (Lipinski definition) is 2. The van der Waals surface area contributed by atoms with E-state index in [2.05, 4.69) is 10.3 Å². The number of nitrogens with zero attached hydrogens (tertiary/aromatic N) is 3. The smallest absolute Gasteiger partial charge is 0.369 e. The number of aryl methyl sites for hydroxylation is 2. The van der Waals surface area contributed by atoms with Crippen LogP contribution in [0.2, 0.25) is 0 Å². The van der Waals surface area contributed by atoms with Crippen molar-refractivity contribution in [2.45, 2.75) is 6.92 Å². The van der Waals surface area contributed by atoms with Crippen LogP contribution in [-0.4, -0.2) is 34.1 Å². The van der Waals surface area contributed by atoms with Gasteiger partial charge >= 0.3 is 5.97 Å². The third kappa shape index (κ3) is 4.32. The first-order valence-corrected chi connectivity index (χ1v) is 6.93. The molecule has 0 saturated carbocycles. The number of aromatic nitrogens is 2. The molecule has 9 nitrogen and oxygen atoms in total. The highest BCUT2D eigenvalue weighted by atomic mass is 16.7. The van der Waals surface area contributed by atoms with Crippen molar-refractivity contribution < 1.29 is 19.2 Å². The minimum atomic E-state index is -0.648. The second-order valence-corrected chi connectivity index (χ2v) is 4.94. The zero-order chi connectivity index (χ0) is 17.7. The maximum absolute atomic E-state index is 11.9. The number of amidine groups is 1. The van der Waals surface area contributed by atoms with Gasteiger partial charge in [0, 0.05) is 18.8 Å². The quantitative estimate of drug-likeness (QED) is 0.333. The summed E-state index contributed by atoms with van der Waals surface area (Å²) in [7, 11) is 1.70. The Bertz CT molecular complexity index is 780. The Morgan fingerprint density at radius 1 is 1.25 bits per heavy atom. The van der Waals surface area contributed by atoms with Crippen molar-refractivity contribution in [2.24, 2.45) is 23.7 Å². The number of amides is 1. The number of carbonyl (C=O) groups excluding carboxylic acids is 2. The average molecular weight is 331 g/mol. The zero-order valence-corrected chi connectivity index (χ0v) is 13.2. The maximum Gasteiger partial charge on any atom is 0.369 e. The molecule has 2 rings (SSSR count). The molecule has 0 spiro atoms. The molecule has 0 fully saturated rings. The number of benzene rings is 1. The number of carbonyl (C=O) groups is 2. The minimum absolute atomic E-state index is 0.0198. The van der Waals surface area contributed by atoms with Crippen molar-refractivity contribution in [1.82, 2.24) is 9.78 Å². The van der Waals surface area contributed by atoms with Gasteiger partial charge in [0.05, 0.1) is 5.69 Å². The van der Waals surface area contributed by atoms with E-state index >= 15 is 0 Å². The molecule has 24 heavy (non-hydrogen) atoms. The van der Waals surface area contributed by atoms with Gasteiger partial charge in [-0.3, -0.25) is 9.48 Å². The molecule has 0 aliphatic carbocycles. The second-order valence-electron chi connectivity index (χ2n) is 4.94. The largest absolute Gasteiger partial charge is 0.484 e. The number of nitrogens with two attached hydrogens (primary N) is 2. The van der Waals surface area contributed by atoms with Crippen LogP contribution in [0.15, 0.2) is 35.6 Å². The van der Waals surface area contributed by atoms with Crippen molar-refractivity contribution in [3.05, 3.63) is 47.3 Å². The summed E-state index contributed by atoms with van der Waals surface area (Å²) >= 11 is 0. The summed E-state index contributed by atoms with van der Waals surface area (Å²) in [6.45, 7) is 1.47. The van der Waals surface area contributed by atoms with Gasteiger partial charge < -0.3 is 21.0 Å². The molecule has 2 aromatic rings. The summed E-state index contributed by atoms with van der Waals surface area (Å²) in [5, 5.41) is 7.66. The number of oxime groups is 1. The Morgan fingerprint density at radius 2 is 1.92 bits per heavy atom. The first-order chi connectivity index (χ1) is 11.4. The Hall–Kier alpha value is -3.36. The van der Waals surface area contributed by atoms with E-state index in [1.54, 1.807) is 38.2 Å². The van der Waals surface area contributed by atoms with Crippen LogP contribution < -0.4 is 16.2 Å². The van der Waals surface area contributed by atoms with E-state index in [1.165, 1.54) is 10.9 Å². The van der Waals surface area contributed by atoms with Gasteiger partial charge in [0.15, 0.2) is 12.4 Å². The van der Waals surface area contributed by atoms with Gasteiger partial charge in [-0.05, 0) is 31.2 Å².